The molecule has 2 aromatic rings. The van der Waals surface area contributed by atoms with E-state index < -0.39 is 0 Å². The van der Waals surface area contributed by atoms with Crippen molar-refractivity contribution >= 4 is 5.78 Å². The highest BCUT2D eigenvalue weighted by molar-refractivity contribution is 5.98. The van der Waals surface area contributed by atoms with Crippen LogP contribution in [-0.4, -0.2) is 22.8 Å². The van der Waals surface area contributed by atoms with Gasteiger partial charge in [-0.3, -0.25) is 9.69 Å². The van der Waals surface area contributed by atoms with E-state index in [1.165, 1.54) is 18.4 Å². The molecule has 0 radical (unpaired) electrons. The molecule has 2 fully saturated rings. The molecule has 132 valence electrons. The van der Waals surface area contributed by atoms with Crippen LogP contribution in [0.5, 0.6) is 0 Å². The molecule has 2 unspecified atom stereocenters. The molecule has 2 aliphatic rings. The largest absolute Gasteiger partial charge is 0.294 e. The highest BCUT2D eigenvalue weighted by atomic mass is 16.1. The normalized spacial score (nSPS) is 25.0. The first-order chi connectivity index (χ1) is 12.7. The topological polar surface area (TPSA) is 44.1 Å². The van der Waals surface area contributed by atoms with Crippen molar-refractivity contribution in [1.29, 1.82) is 5.26 Å². The lowest BCUT2D eigenvalue weighted by molar-refractivity contribution is 0.0678. The van der Waals surface area contributed by atoms with E-state index in [-0.39, 0.29) is 11.7 Å². The molecular formula is C23H24N2O. The maximum Gasteiger partial charge on any atom is 0.166 e. The summed E-state index contributed by atoms with van der Waals surface area (Å²) in [5, 5.41) is 9.08. The van der Waals surface area contributed by atoms with Crippen molar-refractivity contribution in [3.8, 4) is 6.07 Å². The minimum atomic E-state index is 0.117. The van der Waals surface area contributed by atoms with Crippen molar-refractivity contribution in [2.45, 2.75) is 51.2 Å². The predicted molar refractivity (Wildman–Crippen MR) is 102 cm³/mol. The number of carbonyl (C=O) groups excluding carboxylic acids is 1. The number of Topliss-reactive ketones (excluding diaryl/α,β-unsaturated/α-hetero) is 1. The predicted octanol–water partition coefficient (Wildman–Crippen LogP) is 4.49. The fourth-order valence-corrected chi connectivity index (χ4v) is 4.72. The van der Waals surface area contributed by atoms with Gasteiger partial charge in [0.2, 0.25) is 0 Å². The second-order valence-electron chi connectivity index (χ2n) is 7.72. The molecule has 0 spiro atoms. The third-order valence-corrected chi connectivity index (χ3v) is 6.09. The molecule has 2 aliphatic heterocycles. The van der Waals surface area contributed by atoms with Crippen LogP contribution in [0.15, 0.2) is 48.5 Å². The third-order valence-electron chi connectivity index (χ3n) is 6.09. The summed E-state index contributed by atoms with van der Waals surface area (Å²) in [7, 11) is 0. The maximum absolute atomic E-state index is 13.0. The van der Waals surface area contributed by atoms with Crippen LogP contribution in [0.1, 0.15) is 52.7 Å². The van der Waals surface area contributed by atoms with Gasteiger partial charge in [0.05, 0.1) is 11.6 Å². The van der Waals surface area contributed by atoms with Gasteiger partial charge in [0.15, 0.2) is 5.78 Å². The molecule has 2 heterocycles. The van der Waals surface area contributed by atoms with Crippen LogP contribution in [0.25, 0.3) is 0 Å². The van der Waals surface area contributed by atoms with Crippen LogP contribution in [0.3, 0.4) is 0 Å². The molecule has 4 rings (SSSR count). The summed E-state index contributed by atoms with van der Waals surface area (Å²) >= 11 is 0. The Morgan fingerprint density at radius 3 is 2.42 bits per heavy atom. The van der Waals surface area contributed by atoms with Crippen LogP contribution in [0, 0.1) is 24.2 Å². The average Bonchev–Trinajstić information content (AvgIpc) is 2.90. The molecular weight excluding hydrogens is 320 g/mol. The van der Waals surface area contributed by atoms with E-state index in [1.54, 1.807) is 6.07 Å². The van der Waals surface area contributed by atoms with Crippen LogP contribution in [0.4, 0.5) is 0 Å². The van der Waals surface area contributed by atoms with E-state index in [4.69, 9.17) is 5.26 Å². The van der Waals surface area contributed by atoms with Crippen molar-refractivity contribution in [2.75, 3.05) is 0 Å². The van der Waals surface area contributed by atoms with E-state index in [0.29, 0.717) is 17.6 Å². The van der Waals surface area contributed by atoms with E-state index in [0.717, 1.165) is 30.5 Å². The van der Waals surface area contributed by atoms with Crippen LogP contribution in [0.2, 0.25) is 0 Å². The molecule has 2 bridgehead atoms. The van der Waals surface area contributed by atoms with E-state index in [9.17, 15) is 4.79 Å². The van der Waals surface area contributed by atoms with Crippen molar-refractivity contribution in [2.24, 2.45) is 5.92 Å². The number of hydrogen-bond donors (Lipinski definition) is 0. The van der Waals surface area contributed by atoms with Crippen LogP contribution in [-0.2, 0) is 6.54 Å². The lowest BCUT2D eigenvalue weighted by atomic mass is 9.84. The minimum Gasteiger partial charge on any atom is -0.294 e. The molecule has 0 N–H and O–H groups in total. The molecule has 0 aromatic heterocycles. The van der Waals surface area contributed by atoms with E-state index in [2.05, 4.69) is 41.3 Å². The number of benzene rings is 2. The van der Waals surface area contributed by atoms with Gasteiger partial charge in [-0.2, -0.15) is 5.26 Å². The summed E-state index contributed by atoms with van der Waals surface area (Å²) in [6, 6.07) is 19.3. The Hall–Kier alpha value is -2.44. The molecule has 0 saturated carbocycles. The smallest absolute Gasteiger partial charge is 0.166 e. The second-order valence-corrected chi connectivity index (χ2v) is 7.72. The zero-order valence-corrected chi connectivity index (χ0v) is 15.2. The highest BCUT2D eigenvalue weighted by Gasteiger charge is 2.42. The van der Waals surface area contributed by atoms with Gasteiger partial charge in [0, 0.05) is 30.1 Å². The monoisotopic (exact) mass is 344 g/mol. The van der Waals surface area contributed by atoms with Crippen LogP contribution >= 0.6 is 0 Å². The fraction of sp³-hybridized carbons (Fsp3) is 0.391. The molecule has 0 amide bonds. The summed E-state index contributed by atoms with van der Waals surface area (Å²) in [5.74, 6) is 0.376. The number of ketones is 1. The summed E-state index contributed by atoms with van der Waals surface area (Å²) < 4.78 is 0. The maximum atomic E-state index is 13.0. The first-order valence-electron chi connectivity index (χ1n) is 9.50. The molecule has 2 atom stereocenters. The Morgan fingerprint density at radius 1 is 1.12 bits per heavy atom. The summed E-state index contributed by atoms with van der Waals surface area (Å²) in [5.41, 5.74) is 3.67. The lowest BCUT2D eigenvalue weighted by Crippen LogP contribution is -2.44. The summed E-state index contributed by atoms with van der Waals surface area (Å²) in [6.45, 7) is 2.90. The average molecular weight is 344 g/mol. The van der Waals surface area contributed by atoms with Gasteiger partial charge in [-0.25, -0.2) is 0 Å². The molecule has 3 nitrogen and oxygen atoms in total. The zero-order valence-electron chi connectivity index (χ0n) is 15.2. The zero-order chi connectivity index (χ0) is 18.1. The number of carbonyl (C=O) groups is 1. The first-order valence-corrected chi connectivity index (χ1v) is 9.50. The van der Waals surface area contributed by atoms with Gasteiger partial charge in [0.1, 0.15) is 0 Å². The van der Waals surface area contributed by atoms with Gasteiger partial charge in [-0.1, -0.05) is 36.4 Å². The number of aryl methyl sites for hydroxylation is 1. The van der Waals surface area contributed by atoms with Gasteiger partial charge in [-0.05, 0) is 55.9 Å². The lowest BCUT2D eigenvalue weighted by Gasteiger charge is -2.38. The summed E-state index contributed by atoms with van der Waals surface area (Å²) in [6.07, 6.45) is 4.32. The fourth-order valence-electron chi connectivity index (χ4n) is 4.72. The number of rotatable bonds is 4. The van der Waals surface area contributed by atoms with Crippen molar-refractivity contribution in [3.63, 3.8) is 0 Å². The minimum absolute atomic E-state index is 0.117. The van der Waals surface area contributed by atoms with Crippen molar-refractivity contribution < 1.29 is 4.79 Å². The van der Waals surface area contributed by atoms with Gasteiger partial charge >= 0.3 is 0 Å². The van der Waals surface area contributed by atoms with Gasteiger partial charge < -0.3 is 0 Å². The molecule has 0 aliphatic carbocycles. The Balaban J connectivity index is 1.47. The molecule has 3 heteroatoms. The number of fused-ring (bicyclic) bond motifs is 2. The highest BCUT2D eigenvalue weighted by Crippen LogP contribution is 2.40. The van der Waals surface area contributed by atoms with Crippen molar-refractivity contribution in [1.82, 2.24) is 4.90 Å². The quantitative estimate of drug-likeness (QED) is 0.768. The number of nitriles is 1. The van der Waals surface area contributed by atoms with E-state index in [1.807, 2.05) is 19.1 Å². The number of piperidine rings is 1. The SMILES string of the molecule is Cc1cc(C(=O)C2CC3CCC(C2)N3Cc2ccccc2)ccc1C#N. The molecule has 26 heavy (non-hydrogen) atoms. The van der Waals surface area contributed by atoms with Gasteiger partial charge in [-0.15, -0.1) is 0 Å². The standard InChI is InChI=1S/C23H24N2O/c1-16-11-18(7-8-19(16)14-24)23(26)20-12-21-9-10-22(13-20)25(21)15-17-5-3-2-4-6-17/h2-8,11,20-22H,9-10,12-13,15H2,1H3. The van der Waals surface area contributed by atoms with Crippen molar-refractivity contribution in [3.05, 3.63) is 70.8 Å². The van der Waals surface area contributed by atoms with E-state index >= 15 is 0 Å². The Labute approximate surface area is 155 Å². The first kappa shape index (κ1) is 17.0. The Kier molecular flexibility index (Phi) is 4.61. The number of nitrogens with zero attached hydrogens (tertiary/aromatic N) is 2. The molecule has 2 aromatic carbocycles. The number of hydrogen-bond acceptors (Lipinski definition) is 3. The molecule has 2 saturated heterocycles. The summed E-state index contributed by atoms with van der Waals surface area (Å²) in [4.78, 5) is 15.6. The Morgan fingerprint density at radius 2 is 1.81 bits per heavy atom. The second kappa shape index (κ2) is 7.05. The third kappa shape index (κ3) is 3.18. The van der Waals surface area contributed by atoms with Crippen LogP contribution < -0.4 is 0 Å². The Bertz CT molecular complexity index is 838. The van der Waals surface area contributed by atoms with Gasteiger partial charge in [0.25, 0.3) is 0 Å².